The lowest BCUT2D eigenvalue weighted by Crippen LogP contribution is -2.43. The highest BCUT2D eigenvalue weighted by Crippen LogP contribution is 2.47. The Labute approximate surface area is 218 Å². The molecular weight excluding hydrogens is 462 g/mol. The number of likely N-dealkylation sites (tertiary alicyclic amines) is 1. The molecule has 0 spiro atoms. The first-order valence-corrected chi connectivity index (χ1v) is 13.3. The van der Waals surface area contributed by atoms with Crippen molar-refractivity contribution in [1.29, 1.82) is 0 Å². The number of aliphatic imine (C=N–C) groups is 1. The number of imidazole rings is 1. The largest absolute Gasteiger partial charge is 0.342 e. The van der Waals surface area contributed by atoms with Gasteiger partial charge in [0, 0.05) is 37.7 Å². The average molecular weight is 498 g/mol. The van der Waals surface area contributed by atoms with Crippen LogP contribution < -0.4 is 0 Å². The van der Waals surface area contributed by atoms with Crippen LogP contribution in [0.3, 0.4) is 0 Å². The maximum atomic E-state index is 13.4. The molecule has 0 bridgehead atoms. The number of nitrogens with zero attached hydrogens (tertiary/aromatic N) is 5. The van der Waals surface area contributed by atoms with Gasteiger partial charge in [-0.25, -0.2) is 4.98 Å². The smallest absolute Gasteiger partial charge is 0.255 e. The molecule has 1 atom stereocenters. The van der Waals surface area contributed by atoms with Gasteiger partial charge in [0.1, 0.15) is 11.4 Å². The Bertz CT molecular complexity index is 1460. The summed E-state index contributed by atoms with van der Waals surface area (Å²) in [4.78, 5) is 39.6. The summed E-state index contributed by atoms with van der Waals surface area (Å²) in [6.07, 6.45) is 4.74. The van der Waals surface area contributed by atoms with Gasteiger partial charge in [0.05, 0.1) is 17.4 Å². The first-order valence-electron chi connectivity index (χ1n) is 13.3. The van der Waals surface area contributed by atoms with Gasteiger partial charge < -0.3 is 9.47 Å². The number of amides is 2. The van der Waals surface area contributed by atoms with Crippen LogP contribution in [0.15, 0.2) is 47.7 Å². The Hall–Kier alpha value is -3.48. The quantitative estimate of drug-likeness (QED) is 0.519. The second kappa shape index (κ2) is 8.27. The monoisotopic (exact) mass is 497 g/mol. The second-order valence-electron chi connectivity index (χ2n) is 12.0. The van der Waals surface area contributed by atoms with Crippen molar-refractivity contribution in [3.63, 3.8) is 0 Å². The lowest BCUT2D eigenvalue weighted by atomic mass is 9.98. The SMILES string of the molecule is Cc1cc(-c2ccc3c(c2)ncn3C)ccc1C1=NC(C)(C)C(=O)N1CC1CCN(C(=O)C2(C)CC2)C1. The molecule has 37 heavy (non-hydrogen) atoms. The summed E-state index contributed by atoms with van der Waals surface area (Å²) in [7, 11) is 2.00. The number of benzene rings is 2. The number of hydrogen-bond acceptors (Lipinski definition) is 4. The van der Waals surface area contributed by atoms with Crippen LogP contribution in [0.1, 0.15) is 51.2 Å². The van der Waals surface area contributed by atoms with Crippen molar-refractivity contribution in [2.45, 2.75) is 52.5 Å². The van der Waals surface area contributed by atoms with E-state index in [0.717, 1.165) is 71.5 Å². The van der Waals surface area contributed by atoms with Crippen molar-refractivity contribution in [3.8, 4) is 11.1 Å². The molecule has 7 heteroatoms. The van der Waals surface area contributed by atoms with Gasteiger partial charge in [-0.2, -0.15) is 0 Å². The minimum Gasteiger partial charge on any atom is -0.342 e. The zero-order valence-electron chi connectivity index (χ0n) is 22.4. The van der Waals surface area contributed by atoms with E-state index in [1.807, 2.05) is 41.6 Å². The summed E-state index contributed by atoms with van der Waals surface area (Å²) in [5.41, 5.74) is 5.43. The number of aromatic nitrogens is 2. The van der Waals surface area contributed by atoms with Gasteiger partial charge in [-0.05, 0) is 74.8 Å². The van der Waals surface area contributed by atoms with Gasteiger partial charge in [-0.15, -0.1) is 0 Å². The van der Waals surface area contributed by atoms with Gasteiger partial charge in [-0.1, -0.05) is 31.2 Å². The van der Waals surface area contributed by atoms with E-state index < -0.39 is 5.54 Å². The average Bonchev–Trinajstić information content (AvgIpc) is 3.19. The number of rotatable bonds is 5. The molecule has 192 valence electrons. The van der Waals surface area contributed by atoms with E-state index in [1.54, 1.807) is 0 Å². The van der Waals surface area contributed by atoms with Crippen molar-refractivity contribution in [3.05, 3.63) is 53.9 Å². The van der Waals surface area contributed by atoms with E-state index in [2.05, 4.69) is 55.2 Å². The summed E-state index contributed by atoms with van der Waals surface area (Å²) >= 11 is 0. The van der Waals surface area contributed by atoms with E-state index in [9.17, 15) is 9.59 Å². The van der Waals surface area contributed by atoms with Crippen LogP contribution in [0.25, 0.3) is 22.2 Å². The molecule has 1 saturated heterocycles. The summed E-state index contributed by atoms with van der Waals surface area (Å²) in [6.45, 7) is 10.0. The van der Waals surface area contributed by atoms with Crippen molar-refractivity contribution in [2.75, 3.05) is 19.6 Å². The fourth-order valence-electron chi connectivity index (χ4n) is 5.79. The minimum absolute atomic E-state index is 0.0329. The van der Waals surface area contributed by atoms with Gasteiger partial charge in [0.25, 0.3) is 5.91 Å². The molecule has 2 fully saturated rings. The fourth-order valence-corrected chi connectivity index (χ4v) is 5.79. The van der Waals surface area contributed by atoms with Gasteiger partial charge in [-0.3, -0.25) is 19.5 Å². The van der Waals surface area contributed by atoms with Crippen LogP contribution in [0.5, 0.6) is 0 Å². The Morgan fingerprint density at radius 2 is 1.81 bits per heavy atom. The number of aryl methyl sites for hydroxylation is 2. The van der Waals surface area contributed by atoms with E-state index in [4.69, 9.17) is 4.99 Å². The first kappa shape index (κ1) is 23.9. The summed E-state index contributed by atoms with van der Waals surface area (Å²) in [5.74, 6) is 1.33. The van der Waals surface area contributed by atoms with Gasteiger partial charge in [0.15, 0.2) is 0 Å². The molecule has 1 aromatic heterocycles. The predicted molar refractivity (Wildman–Crippen MR) is 145 cm³/mol. The molecular formula is C30H35N5O2. The Morgan fingerprint density at radius 3 is 2.54 bits per heavy atom. The first-order chi connectivity index (χ1) is 17.6. The molecule has 2 aliphatic heterocycles. The third kappa shape index (κ3) is 4.05. The standard InChI is InChI=1S/C30H35N5O2/c1-19-14-21(22-7-9-25-24(15-22)31-18-33(25)5)6-8-23(19)26-32-29(2,3)27(36)35(26)17-20-10-13-34(16-20)28(37)30(4)11-12-30/h6-9,14-15,18,20H,10-13,16-17H2,1-5H3. The highest BCUT2D eigenvalue weighted by molar-refractivity contribution is 6.15. The molecule has 1 saturated carbocycles. The maximum Gasteiger partial charge on any atom is 0.255 e. The third-order valence-electron chi connectivity index (χ3n) is 8.47. The second-order valence-corrected chi connectivity index (χ2v) is 12.0. The normalized spacial score (nSPS) is 22.1. The lowest BCUT2D eigenvalue weighted by Gasteiger charge is -2.25. The van der Waals surface area contributed by atoms with Crippen LogP contribution in [-0.4, -0.2) is 62.2 Å². The minimum atomic E-state index is -0.792. The van der Waals surface area contributed by atoms with Crippen molar-refractivity contribution >= 4 is 28.7 Å². The molecule has 1 aliphatic carbocycles. The lowest BCUT2D eigenvalue weighted by molar-refractivity contribution is -0.135. The zero-order chi connectivity index (χ0) is 26.1. The van der Waals surface area contributed by atoms with E-state index in [-0.39, 0.29) is 23.1 Å². The van der Waals surface area contributed by atoms with Crippen LogP contribution in [0, 0.1) is 18.3 Å². The van der Waals surface area contributed by atoms with Crippen LogP contribution in [0.2, 0.25) is 0 Å². The molecule has 3 aliphatic rings. The number of hydrogen-bond donors (Lipinski definition) is 0. The number of carbonyl (C=O) groups is 2. The van der Waals surface area contributed by atoms with Crippen molar-refractivity contribution in [1.82, 2.24) is 19.4 Å². The number of amidine groups is 1. The zero-order valence-corrected chi connectivity index (χ0v) is 22.4. The highest BCUT2D eigenvalue weighted by atomic mass is 16.2. The van der Waals surface area contributed by atoms with E-state index in [1.165, 1.54) is 0 Å². The van der Waals surface area contributed by atoms with Gasteiger partial charge in [0.2, 0.25) is 5.91 Å². The summed E-state index contributed by atoms with van der Waals surface area (Å²) in [6, 6.07) is 12.7. The Kier molecular flexibility index (Phi) is 5.34. The van der Waals surface area contributed by atoms with Crippen LogP contribution >= 0.6 is 0 Å². The van der Waals surface area contributed by atoms with E-state index in [0.29, 0.717) is 6.54 Å². The highest BCUT2D eigenvalue weighted by Gasteiger charge is 2.49. The molecule has 6 rings (SSSR count). The molecule has 3 heterocycles. The summed E-state index contributed by atoms with van der Waals surface area (Å²) < 4.78 is 2.02. The topological polar surface area (TPSA) is 70.8 Å². The molecule has 0 N–H and O–H groups in total. The molecule has 0 radical (unpaired) electrons. The molecule has 2 amide bonds. The maximum absolute atomic E-state index is 13.4. The Morgan fingerprint density at radius 1 is 1.08 bits per heavy atom. The predicted octanol–water partition coefficient (Wildman–Crippen LogP) is 4.56. The fraction of sp³-hybridized carbons (Fsp3) is 0.467. The van der Waals surface area contributed by atoms with Crippen LogP contribution in [-0.2, 0) is 16.6 Å². The van der Waals surface area contributed by atoms with E-state index >= 15 is 0 Å². The molecule has 7 nitrogen and oxygen atoms in total. The van der Waals surface area contributed by atoms with Crippen molar-refractivity contribution < 1.29 is 9.59 Å². The molecule has 2 aromatic carbocycles. The number of fused-ring (bicyclic) bond motifs is 1. The molecule has 1 unspecified atom stereocenters. The molecule has 3 aromatic rings. The Balaban J connectivity index is 1.25. The van der Waals surface area contributed by atoms with Crippen LogP contribution in [0.4, 0.5) is 0 Å². The third-order valence-corrected chi connectivity index (χ3v) is 8.47. The van der Waals surface area contributed by atoms with Crippen molar-refractivity contribution in [2.24, 2.45) is 23.4 Å². The number of carbonyl (C=O) groups excluding carboxylic acids is 2. The van der Waals surface area contributed by atoms with Gasteiger partial charge >= 0.3 is 0 Å². The summed E-state index contributed by atoms with van der Waals surface area (Å²) in [5, 5.41) is 0.